The molecule has 1 saturated carbocycles. The van der Waals surface area contributed by atoms with Crippen molar-refractivity contribution in [3.8, 4) is 11.1 Å². The van der Waals surface area contributed by atoms with Crippen LogP contribution in [0.2, 0.25) is 0 Å². The summed E-state index contributed by atoms with van der Waals surface area (Å²) in [7, 11) is 5.54. The van der Waals surface area contributed by atoms with Crippen LogP contribution in [0.5, 0.6) is 0 Å². The Bertz CT molecular complexity index is 938. The van der Waals surface area contributed by atoms with Crippen molar-refractivity contribution in [2.24, 2.45) is 5.92 Å². The van der Waals surface area contributed by atoms with Gasteiger partial charge in [0.25, 0.3) is 0 Å². The summed E-state index contributed by atoms with van der Waals surface area (Å²) in [4.78, 5) is 14.9. The molecule has 4 nitrogen and oxygen atoms in total. The SMILES string of the molecule is CCSC[C@H](CC1CCCCC1)NCc1cc(-c2ccccc2C)c(C(=O)OC)cc1N(C)C. The minimum absolute atomic E-state index is 0.296. The molecule has 1 aliphatic rings. The second-order valence-electron chi connectivity index (χ2n) is 9.70. The van der Waals surface area contributed by atoms with Crippen LogP contribution in [-0.4, -0.2) is 44.7 Å². The maximum Gasteiger partial charge on any atom is 0.338 e. The lowest BCUT2D eigenvalue weighted by Gasteiger charge is -2.28. The first-order chi connectivity index (χ1) is 16.4. The summed E-state index contributed by atoms with van der Waals surface area (Å²) in [5.74, 6) is 2.85. The Balaban J connectivity index is 1.92. The van der Waals surface area contributed by atoms with Gasteiger partial charge in [-0.05, 0) is 59.4 Å². The van der Waals surface area contributed by atoms with E-state index < -0.39 is 0 Å². The van der Waals surface area contributed by atoms with Gasteiger partial charge in [0.2, 0.25) is 0 Å². The number of aryl methyl sites for hydroxylation is 1. The molecule has 0 aliphatic heterocycles. The van der Waals surface area contributed by atoms with E-state index in [1.54, 1.807) is 0 Å². The Morgan fingerprint density at radius 1 is 1.15 bits per heavy atom. The van der Waals surface area contributed by atoms with Crippen LogP contribution in [0.15, 0.2) is 36.4 Å². The third kappa shape index (κ3) is 7.02. The molecule has 0 amide bonds. The van der Waals surface area contributed by atoms with Crippen molar-refractivity contribution in [1.29, 1.82) is 0 Å². The molecule has 0 saturated heterocycles. The highest BCUT2D eigenvalue weighted by molar-refractivity contribution is 7.99. The summed E-state index contributed by atoms with van der Waals surface area (Å²) in [5, 5.41) is 3.91. The molecule has 0 bridgehead atoms. The molecular weight excluding hydrogens is 440 g/mol. The number of nitrogens with zero attached hydrogens (tertiary/aromatic N) is 1. The second-order valence-corrected chi connectivity index (χ2v) is 11.0. The first-order valence-corrected chi connectivity index (χ1v) is 13.9. The highest BCUT2D eigenvalue weighted by Gasteiger charge is 2.22. The van der Waals surface area contributed by atoms with Gasteiger partial charge in [-0.3, -0.25) is 0 Å². The molecule has 1 N–H and O–H groups in total. The van der Waals surface area contributed by atoms with Crippen molar-refractivity contribution in [2.45, 2.75) is 65.0 Å². The number of methoxy groups -OCH3 is 1. The number of rotatable bonds is 11. The van der Waals surface area contributed by atoms with E-state index in [9.17, 15) is 4.79 Å². The molecule has 1 aliphatic carbocycles. The summed E-state index contributed by atoms with van der Waals surface area (Å²) in [5.41, 5.74) is 6.06. The molecule has 2 aromatic carbocycles. The van der Waals surface area contributed by atoms with Crippen LogP contribution in [0.3, 0.4) is 0 Å². The molecule has 34 heavy (non-hydrogen) atoms. The quantitative estimate of drug-likeness (QED) is 0.361. The van der Waals surface area contributed by atoms with Gasteiger partial charge >= 0.3 is 5.97 Å². The van der Waals surface area contributed by atoms with Gasteiger partial charge in [-0.1, -0.05) is 63.3 Å². The average Bonchev–Trinajstić information content (AvgIpc) is 2.85. The fourth-order valence-electron chi connectivity index (χ4n) is 5.12. The number of nitrogens with one attached hydrogen (secondary N) is 1. The summed E-state index contributed by atoms with van der Waals surface area (Å²) in [6, 6.07) is 13.0. The zero-order chi connectivity index (χ0) is 24.5. The highest BCUT2D eigenvalue weighted by atomic mass is 32.2. The third-order valence-corrected chi connectivity index (χ3v) is 8.03. The third-order valence-electron chi connectivity index (χ3n) is 6.99. The van der Waals surface area contributed by atoms with Crippen molar-refractivity contribution in [1.82, 2.24) is 5.32 Å². The van der Waals surface area contributed by atoms with E-state index in [2.05, 4.69) is 42.3 Å². The van der Waals surface area contributed by atoms with Gasteiger partial charge in [0.15, 0.2) is 0 Å². The number of carbonyl (C=O) groups excluding carboxylic acids is 1. The molecule has 0 heterocycles. The van der Waals surface area contributed by atoms with Crippen LogP contribution in [0.25, 0.3) is 11.1 Å². The highest BCUT2D eigenvalue weighted by Crippen LogP contribution is 2.34. The molecule has 0 spiro atoms. The molecule has 3 rings (SSSR count). The van der Waals surface area contributed by atoms with Crippen LogP contribution in [0, 0.1) is 12.8 Å². The van der Waals surface area contributed by atoms with Crippen LogP contribution in [0.4, 0.5) is 5.69 Å². The van der Waals surface area contributed by atoms with Gasteiger partial charge in [0, 0.05) is 38.1 Å². The van der Waals surface area contributed by atoms with Crippen molar-refractivity contribution >= 4 is 23.4 Å². The number of thioether (sulfide) groups is 1. The van der Waals surface area contributed by atoms with Crippen LogP contribution >= 0.6 is 11.8 Å². The monoisotopic (exact) mass is 482 g/mol. The van der Waals surface area contributed by atoms with E-state index in [-0.39, 0.29) is 5.97 Å². The lowest BCUT2D eigenvalue weighted by Crippen LogP contribution is -2.34. The van der Waals surface area contributed by atoms with E-state index in [1.807, 2.05) is 44.1 Å². The van der Waals surface area contributed by atoms with Crippen molar-refractivity contribution < 1.29 is 9.53 Å². The fourth-order valence-corrected chi connectivity index (χ4v) is 5.89. The molecule has 5 heteroatoms. The average molecular weight is 483 g/mol. The van der Waals surface area contributed by atoms with Gasteiger partial charge < -0.3 is 15.0 Å². The summed E-state index contributed by atoms with van der Waals surface area (Å²) < 4.78 is 5.16. The molecule has 0 radical (unpaired) electrons. The molecule has 186 valence electrons. The maximum absolute atomic E-state index is 12.8. The fraction of sp³-hybridized carbons (Fsp3) is 0.552. The van der Waals surface area contributed by atoms with Gasteiger partial charge in [0.05, 0.1) is 12.7 Å². The predicted octanol–water partition coefficient (Wildman–Crippen LogP) is 6.70. The van der Waals surface area contributed by atoms with E-state index in [4.69, 9.17) is 4.74 Å². The first-order valence-electron chi connectivity index (χ1n) is 12.7. The number of benzene rings is 2. The summed E-state index contributed by atoms with van der Waals surface area (Å²) in [6.45, 7) is 5.12. The standard InChI is InChI=1S/C29H42N2O2S/c1-6-34-20-24(16-22-13-8-7-9-14-22)30-19-23-17-26(25-15-11-10-12-21(25)2)27(29(32)33-5)18-28(23)31(3)4/h10-12,15,17-18,22,24,30H,6-9,13-14,16,19-20H2,1-5H3/t24-/m0/s1. The maximum atomic E-state index is 12.8. The Labute approximate surface area is 210 Å². The van der Waals surface area contributed by atoms with Gasteiger partial charge in [-0.2, -0.15) is 11.8 Å². The smallest absolute Gasteiger partial charge is 0.338 e. The lowest BCUT2D eigenvalue weighted by atomic mass is 9.85. The van der Waals surface area contributed by atoms with Crippen molar-refractivity contribution in [2.75, 3.05) is 37.6 Å². The van der Waals surface area contributed by atoms with Crippen LogP contribution in [0.1, 0.15) is 66.9 Å². The van der Waals surface area contributed by atoms with Crippen molar-refractivity contribution in [3.05, 3.63) is 53.1 Å². The number of hydrogen-bond donors (Lipinski definition) is 1. The normalized spacial score (nSPS) is 15.2. The Morgan fingerprint density at radius 2 is 1.88 bits per heavy atom. The molecule has 1 fully saturated rings. The zero-order valence-corrected chi connectivity index (χ0v) is 22.5. The number of ether oxygens (including phenoxy) is 1. The number of hydrogen-bond acceptors (Lipinski definition) is 5. The van der Waals surface area contributed by atoms with E-state index in [1.165, 1.54) is 51.2 Å². The van der Waals surface area contributed by atoms with Crippen molar-refractivity contribution in [3.63, 3.8) is 0 Å². The van der Waals surface area contributed by atoms with Gasteiger partial charge in [-0.15, -0.1) is 0 Å². The van der Waals surface area contributed by atoms with Gasteiger partial charge in [-0.25, -0.2) is 4.79 Å². The summed E-state index contributed by atoms with van der Waals surface area (Å²) in [6.07, 6.45) is 8.19. The Morgan fingerprint density at radius 3 is 2.53 bits per heavy atom. The first kappa shape index (κ1) is 26.6. The van der Waals surface area contributed by atoms with E-state index in [0.717, 1.165) is 46.3 Å². The number of carbonyl (C=O) groups is 1. The molecule has 1 atom stereocenters. The number of esters is 1. The Kier molecular flexibility index (Phi) is 10.3. The predicted molar refractivity (Wildman–Crippen MR) is 147 cm³/mol. The largest absolute Gasteiger partial charge is 0.465 e. The summed E-state index contributed by atoms with van der Waals surface area (Å²) >= 11 is 2.03. The van der Waals surface area contributed by atoms with Crippen LogP contribution < -0.4 is 10.2 Å². The molecule has 0 unspecified atom stereocenters. The lowest BCUT2D eigenvalue weighted by molar-refractivity contribution is 0.0601. The number of anilines is 1. The molecule has 2 aromatic rings. The molecule has 0 aromatic heterocycles. The second kappa shape index (κ2) is 13.2. The Hall–Kier alpha value is -1.98. The molecular formula is C29H42N2O2S. The minimum atomic E-state index is -0.296. The van der Waals surface area contributed by atoms with Crippen LogP contribution in [-0.2, 0) is 11.3 Å². The van der Waals surface area contributed by atoms with E-state index in [0.29, 0.717) is 11.6 Å². The van der Waals surface area contributed by atoms with E-state index >= 15 is 0 Å². The zero-order valence-electron chi connectivity index (χ0n) is 21.7. The minimum Gasteiger partial charge on any atom is -0.465 e. The topological polar surface area (TPSA) is 41.6 Å². The van der Waals surface area contributed by atoms with Gasteiger partial charge in [0.1, 0.15) is 0 Å².